The molecule has 176 valence electrons. The number of rotatable bonds is 8. The van der Waals surface area contributed by atoms with Crippen LogP contribution in [0.5, 0.6) is 17.2 Å². The smallest absolute Gasteiger partial charge is 0.315 e. The number of nitrogens with one attached hydrogen (secondary N) is 1. The molecule has 0 radical (unpaired) electrons. The number of benzene rings is 2. The van der Waals surface area contributed by atoms with Crippen molar-refractivity contribution in [2.75, 3.05) is 27.4 Å². The maximum atomic E-state index is 12.8. The van der Waals surface area contributed by atoms with Crippen LogP contribution < -0.4 is 19.5 Å². The van der Waals surface area contributed by atoms with Crippen molar-refractivity contribution < 1.29 is 28.5 Å². The molecule has 1 fully saturated rings. The summed E-state index contributed by atoms with van der Waals surface area (Å²) in [5, 5.41) is 2.88. The van der Waals surface area contributed by atoms with E-state index in [9.17, 15) is 9.59 Å². The first-order valence-electron chi connectivity index (χ1n) is 11.1. The zero-order valence-electron chi connectivity index (χ0n) is 19.9. The number of carbonyl (C=O) groups excluding carboxylic acids is 2. The molecule has 1 N–H and O–H groups in total. The van der Waals surface area contributed by atoms with Gasteiger partial charge < -0.3 is 24.3 Å². The van der Waals surface area contributed by atoms with Crippen molar-refractivity contribution in [1.82, 2.24) is 5.32 Å². The first kappa shape index (κ1) is 23.0. The third-order valence-corrected chi connectivity index (χ3v) is 6.05. The number of hydrogen-bond donors (Lipinski definition) is 1. The van der Waals surface area contributed by atoms with Gasteiger partial charge >= 0.3 is 5.97 Å². The van der Waals surface area contributed by atoms with Gasteiger partial charge in [-0.05, 0) is 47.6 Å². The Morgan fingerprint density at radius 1 is 1.00 bits per heavy atom. The van der Waals surface area contributed by atoms with E-state index >= 15 is 0 Å². The summed E-state index contributed by atoms with van der Waals surface area (Å²) in [4.78, 5) is 25.0. The molecule has 1 heterocycles. The zero-order chi connectivity index (χ0) is 23.8. The largest absolute Gasteiger partial charge is 0.493 e. The number of carbonyl (C=O) groups is 2. The Morgan fingerprint density at radius 2 is 1.73 bits per heavy atom. The fraction of sp³-hybridized carbons (Fsp3) is 0.462. The molecule has 33 heavy (non-hydrogen) atoms. The van der Waals surface area contributed by atoms with Crippen molar-refractivity contribution in [3.8, 4) is 28.4 Å². The highest BCUT2D eigenvalue weighted by atomic mass is 16.5. The van der Waals surface area contributed by atoms with E-state index in [1.54, 1.807) is 14.2 Å². The van der Waals surface area contributed by atoms with Crippen LogP contribution >= 0.6 is 0 Å². The summed E-state index contributed by atoms with van der Waals surface area (Å²) in [5.41, 5.74) is 2.46. The number of amides is 1. The van der Waals surface area contributed by atoms with Gasteiger partial charge in [-0.15, -0.1) is 0 Å². The maximum Gasteiger partial charge on any atom is 0.315 e. The summed E-state index contributed by atoms with van der Waals surface area (Å²) in [7, 11) is 3.12. The number of fused-ring (bicyclic) bond motifs is 1. The molecule has 1 aliphatic carbocycles. The monoisotopic (exact) mass is 453 g/mol. The predicted molar refractivity (Wildman–Crippen MR) is 124 cm³/mol. The van der Waals surface area contributed by atoms with E-state index in [1.807, 2.05) is 51.1 Å². The molecular formula is C26H31NO6. The second kappa shape index (κ2) is 8.61. The molecule has 2 aliphatic rings. The van der Waals surface area contributed by atoms with Crippen LogP contribution in [0.3, 0.4) is 0 Å². The Labute approximate surface area is 194 Å². The van der Waals surface area contributed by atoms with E-state index < -0.39 is 5.41 Å². The Bertz CT molecular complexity index is 1080. The first-order valence-corrected chi connectivity index (χ1v) is 11.1. The molecule has 7 nitrogen and oxygen atoms in total. The molecule has 0 unspecified atom stereocenters. The standard InChI is InChI=1S/C26H31NO6/c1-25(2,3)14-33-24(29)26(11-12-26)15-32-21-17(9-10-20(30-4)22(21)31-5)16-7-6-8-18-19(16)13-27-23(18)28/h6-10H,11-15H2,1-5H3,(H,27,28). The molecule has 7 heteroatoms. The zero-order valence-corrected chi connectivity index (χ0v) is 19.9. The van der Waals surface area contributed by atoms with E-state index in [2.05, 4.69) is 5.32 Å². The molecule has 1 saturated carbocycles. The molecule has 2 aromatic rings. The number of ether oxygens (including phenoxy) is 4. The van der Waals surface area contributed by atoms with Crippen molar-refractivity contribution in [3.05, 3.63) is 41.5 Å². The summed E-state index contributed by atoms with van der Waals surface area (Å²) in [6, 6.07) is 9.33. The maximum absolute atomic E-state index is 12.8. The average molecular weight is 454 g/mol. The lowest BCUT2D eigenvalue weighted by Gasteiger charge is -2.23. The summed E-state index contributed by atoms with van der Waals surface area (Å²) >= 11 is 0. The van der Waals surface area contributed by atoms with Gasteiger partial charge in [0.2, 0.25) is 5.75 Å². The fourth-order valence-electron chi connectivity index (χ4n) is 3.96. The molecule has 0 aromatic heterocycles. The van der Waals surface area contributed by atoms with Crippen LogP contribution in [0, 0.1) is 10.8 Å². The van der Waals surface area contributed by atoms with Crippen molar-refractivity contribution in [3.63, 3.8) is 0 Å². The van der Waals surface area contributed by atoms with Crippen LogP contribution in [0.1, 0.15) is 49.5 Å². The number of methoxy groups -OCH3 is 2. The third-order valence-electron chi connectivity index (χ3n) is 6.05. The van der Waals surface area contributed by atoms with Gasteiger partial charge in [0.15, 0.2) is 11.5 Å². The number of esters is 1. The third kappa shape index (κ3) is 4.49. The lowest BCUT2D eigenvalue weighted by atomic mass is 9.95. The molecule has 0 atom stereocenters. The number of hydrogen-bond acceptors (Lipinski definition) is 6. The van der Waals surface area contributed by atoms with Crippen LogP contribution in [-0.4, -0.2) is 39.3 Å². The SMILES string of the molecule is COc1ccc(-c2cccc3c2CNC3=O)c(OCC2(C(=O)OCC(C)(C)C)CC2)c1OC. The van der Waals surface area contributed by atoms with Gasteiger partial charge in [-0.25, -0.2) is 0 Å². The second-order valence-corrected chi connectivity index (χ2v) is 9.90. The molecule has 1 amide bonds. The summed E-state index contributed by atoms with van der Waals surface area (Å²) in [6.07, 6.45) is 1.44. The highest BCUT2D eigenvalue weighted by Gasteiger charge is 2.53. The molecule has 0 bridgehead atoms. The average Bonchev–Trinajstić information content (AvgIpc) is 3.50. The van der Waals surface area contributed by atoms with Gasteiger partial charge in [-0.1, -0.05) is 32.9 Å². The van der Waals surface area contributed by atoms with E-state index in [1.165, 1.54) is 0 Å². The highest BCUT2D eigenvalue weighted by Crippen LogP contribution is 2.51. The van der Waals surface area contributed by atoms with Gasteiger partial charge in [0.25, 0.3) is 5.91 Å². The van der Waals surface area contributed by atoms with Gasteiger partial charge in [0.1, 0.15) is 12.0 Å². The molecule has 1 aliphatic heterocycles. The van der Waals surface area contributed by atoms with Crippen molar-refractivity contribution in [2.45, 2.75) is 40.2 Å². The minimum absolute atomic E-state index is 0.0895. The molecule has 2 aromatic carbocycles. The van der Waals surface area contributed by atoms with Crippen LogP contribution in [0.15, 0.2) is 30.3 Å². The Morgan fingerprint density at radius 3 is 2.36 bits per heavy atom. The first-order chi connectivity index (χ1) is 15.7. The van der Waals surface area contributed by atoms with Gasteiger partial charge in [-0.3, -0.25) is 9.59 Å². The normalized spacial score (nSPS) is 16.0. The Balaban J connectivity index is 1.67. The molecule has 4 rings (SSSR count). The molecular weight excluding hydrogens is 422 g/mol. The quantitative estimate of drug-likeness (QED) is 0.598. The van der Waals surface area contributed by atoms with Crippen molar-refractivity contribution in [1.29, 1.82) is 0 Å². The van der Waals surface area contributed by atoms with Crippen molar-refractivity contribution in [2.24, 2.45) is 10.8 Å². The van der Waals surface area contributed by atoms with Crippen LogP contribution in [0.4, 0.5) is 0 Å². The van der Waals surface area contributed by atoms with Crippen LogP contribution in [0.25, 0.3) is 11.1 Å². The Kier molecular flexibility index (Phi) is 5.99. The Hall–Kier alpha value is -3.22. The summed E-state index contributed by atoms with van der Waals surface area (Å²) < 4.78 is 23.0. The summed E-state index contributed by atoms with van der Waals surface area (Å²) in [5.74, 6) is 1.14. The lowest BCUT2D eigenvalue weighted by molar-refractivity contribution is -0.154. The fourth-order valence-corrected chi connectivity index (χ4v) is 3.96. The van der Waals surface area contributed by atoms with Gasteiger partial charge in [0.05, 0.1) is 20.8 Å². The summed E-state index contributed by atoms with van der Waals surface area (Å²) in [6.45, 7) is 7.07. The lowest BCUT2D eigenvalue weighted by Crippen LogP contribution is -2.29. The minimum atomic E-state index is -0.646. The van der Waals surface area contributed by atoms with Gasteiger partial charge in [-0.2, -0.15) is 0 Å². The van der Waals surface area contributed by atoms with Crippen LogP contribution in [0.2, 0.25) is 0 Å². The van der Waals surface area contributed by atoms with E-state index in [-0.39, 0.29) is 23.9 Å². The highest BCUT2D eigenvalue weighted by molar-refractivity contribution is 6.01. The topological polar surface area (TPSA) is 83.1 Å². The minimum Gasteiger partial charge on any atom is -0.493 e. The molecule has 0 spiro atoms. The van der Waals surface area contributed by atoms with Gasteiger partial charge in [0, 0.05) is 17.7 Å². The van der Waals surface area contributed by atoms with E-state index in [0.29, 0.717) is 36.0 Å². The van der Waals surface area contributed by atoms with E-state index in [4.69, 9.17) is 18.9 Å². The van der Waals surface area contributed by atoms with Crippen LogP contribution in [-0.2, 0) is 16.1 Å². The van der Waals surface area contributed by atoms with Crippen molar-refractivity contribution >= 4 is 11.9 Å². The predicted octanol–water partition coefficient (Wildman–Crippen LogP) is 4.36. The second-order valence-electron chi connectivity index (χ2n) is 9.90. The molecule has 0 saturated heterocycles. The van der Waals surface area contributed by atoms with E-state index in [0.717, 1.165) is 29.5 Å².